The van der Waals surface area contributed by atoms with E-state index in [0.717, 1.165) is 18.1 Å². The molecule has 6 nitrogen and oxygen atoms in total. The summed E-state index contributed by atoms with van der Waals surface area (Å²) in [6, 6.07) is 1.91. The van der Waals surface area contributed by atoms with Gasteiger partial charge < -0.3 is 14.4 Å². The lowest BCUT2D eigenvalue weighted by molar-refractivity contribution is 0.0187. The van der Waals surface area contributed by atoms with Crippen LogP contribution in [0.5, 0.6) is 5.88 Å². The van der Waals surface area contributed by atoms with Crippen molar-refractivity contribution in [1.29, 1.82) is 0 Å². The van der Waals surface area contributed by atoms with Gasteiger partial charge in [-0.15, -0.1) is 0 Å². The Bertz CT molecular complexity index is 491. The van der Waals surface area contributed by atoms with Crippen molar-refractivity contribution < 1.29 is 14.3 Å². The Balaban J connectivity index is 2.65. The Kier molecular flexibility index (Phi) is 6.26. The van der Waals surface area contributed by atoms with Gasteiger partial charge in [0.15, 0.2) is 0 Å². The minimum atomic E-state index is -0.494. The lowest BCUT2D eigenvalue weighted by atomic mass is 10.2. The molecule has 1 rings (SSSR count). The molecule has 0 saturated heterocycles. The molecule has 0 spiro atoms. The number of carbonyl (C=O) groups excluding carboxylic acids is 1. The molecule has 1 aromatic heterocycles. The van der Waals surface area contributed by atoms with Crippen LogP contribution in [0, 0.1) is 6.92 Å². The largest absolute Gasteiger partial charge is 0.473 e. The number of aromatic nitrogens is 2. The summed E-state index contributed by atoms with van der Waals surface area (Å²) in [5.41, 5.74) is 0.426. The number of nitrogens with zero attached hydrogens (tertiary/aromatic N) is 3. The average molecular weight is 311 g/mol. The van der Waals surface area contributed by atoms with E-state index in [4.69, 9.17) is 9.47 Å². The summed E-state index contributed by atoms with van der Waals surface area (Å²) in [5.74, 6) is 0.729. The van der Waals surface area contributed by atoms with Crippen molar-refractivity contribution in [2.24, 2.45) is 0 Å². The smallest absolute Gasteiger partial charge is 0.410 e. The fourth-order valence-electron chi connectivity index (χ4n) is 2.06. The van der Waals surface area contributed by atoms with Gasteiger partial charge in [0.2, 0.25) is 5.88 Å². The Morgan fingerprint density at radius 1 is 1.41 bits per heavy atom. The predicted molar refractivity (Wildman–Crippen MR) is 86.2 cm³/mol. The first kappa shape index (κ1) is 18.3. The van der Waals surface area contributed by atoms with E-state index < -0.39 is 5.60 Å². The molecule has 0 bridgehead atoms. The first-order chi connectivity index (χ1) is 10.2. The number of amides is 1. The van der Waals surface area contributed by atoms with Crippen molar-refractivity contribution in [2.75, 3.05) is 13.1 Å². The van der Waals surface area contributed by atoms with Gasteiger partial charge in [-0.1, -0.05) is 0 Å². The zero-order chi connectivity index (χ0) is 16.9. The Labute approximate surface area is 133 Å². The van der Waals surface area contributed by atoms with E-state index in [-0.39, 0.29) is 12.2 Å². The van der Waals surface area contributed by atoms with Crippen molar-refractivity contribution in [2.45, 2.75) is 66.7 Å². The minimum absolute atomic E-state index is 0.145. The predicted octanol–water partition coefficient (Wildman–Crippen LogP) is 3.24. The molecule has 0 N–H and O–H groups in total. The molecule has 0 aromatic carbocycles. The van der Waals surface area contributed by atoms with Crippen molar-refractivity contribution in [3.8, 4) is 5.88 Å². The second kappa shape index (κ2) is 7.51. The van der Waals surface area contributed by atoms with Crippen LogP contribution in [-0.2, 0) is 11.3 Å². The highest BCUT2D eigenvalue weighted by Gasteiger charge is 2.23. The lowest BCUT2D eigenvalue weighted by Crippen LogP contribution is -2.41. The molecular weight excluding hydrogens is 282 g/mol. The van der Waals surface area contributed by atoms with E-state index in [1.807, 2.05) is 59.2 Å². The van der Waals surface area contributed by atoms with E-state index in [1.165, 1.54) is 0 Å². The molecule has 1 amide bonds. The van der Waals surface area contributed by atoms with Gasteiger partial charge in [0.25, 0.3) is 0 Å². The molecule has 0 aliphatic heterocycles. The highest BCUT2D eigenvalue weighted by Crippen LogP contribution is 2.16. The second-order valence-corrected chi connectivity index (χ2v) is 6.39. The molecule has 0 aliphatic rings. The zero-order valence-corrected chi connectivity index (χ0v) is 14.8. The fourth-order valence-corrected chi connectivity index (χ4v) is 2.06. The molecule has 0 aliphatic carbocycles. The van der Waals surface area contributed by atoms with Crippen molar-refractivity contribution >= 4 is 6.09 Å². The van der Waals surface area contributed by atoms with Crippen LogP contribution in [0.4, 0.5) is 4.79 Å². The van der Waals surface area contributed by atoms with Gasteiger partial charge in [-0.25, -0.2) is 9.48 Å². The van der Waals surface area contributed by atoms with E-state index >= 15 is 0 Å². The third-order valence-corrected chi connectivity index (χ3v) is 3.00. The molecule has 1 atom stereocenters. The average Bonchev–Trinajstić information content (AvgIpc) is 2.73. The quantitative estimate of drug-likeness (QED) is 0.809. The molecule has 22 heavy (non-hydrogen) atoms. The zero-order valence-electron chi connectivity index (χ0n) is 14.8. The molecule has 0 radical (unpaired) electrons. The Morgan fingerprint density at radius 2 is 2.05 bits per heavy atom. The Hall–Kier alpha value is -1.72. The van der Waals surface area contributed by atoms with Gasteiger partial charge >= 0.3 is 6.09 Å². The molecule has 1 heterocycles. The minimum Gasteiger partial charge on any atom is -0.473 e. The Morgan fingerprint density at radius 3 is 2.55 bits per heavy atom. The first-order valence-corrected chi connectivity index (χ1v) is 7.85. The number of ether oxygens (including phenoxy) is 2. The van der Waals surface area contributed by atoms with Crippen LogP contribution in [0.2, 0.25) is 0 Å². The first-order valence-electron chi connectivity index (χ1n) is 7.85. The van der Waals surface area contributed by atoms with E-state index in [1.54, 1.807) is 4.90 Å². The number of likely N-dealkylation sites (N-methyl/N-ethyl adjacent to an activating group) is 1. The van der Waals surface area contributed by atoms with E-state index in [9.17, 15) is 4.79 Å². The van der Waals surface area contributed by atoms with Crippen molar-refractivity contribution in [1.82, 2.24) is 14.7 Å². The van der Waals surface area contributed by atoms with Gasteiger partial charge in [0.1, 0.15) is 11.7 Å². The van der Waals surface area contributed by atoms with Crippen LogP contribution in [0.1, 0.15) is 47.2 Å². The maximum Gasteiger partial charge on any atom is 0.410 e. The summed E-state index contributed by atoms with van der Waals surface area (Å²) in [4.78, 5) is 13.8. The molecule has 0 unspecified atom stereocenters. The van der Waals surface area contributed by atoms with Crippen LogP contribution in [0.15, 0.2) is 6.07 Å². The maximum atomic E-state index is 12.1. The third-order valence-electron chi connectivity index (χ3n) is 3.00. The maximum absolute atomic E-state index is 12.1. The summed E-state index contributed by atoms with van der Waals surface area (Å²) < 4.78 is 13.1. The molecule has 6 heteroatoms. The summed E-state index contributed by atoms with van der Waals surface area (Å²) in [6.45, 7) is 15.2. The monoisotopic (exact) mass is 311 g/mol. The van der Waals surface area contributed by atoms with E-state index in [0.29, 0.717) is 13.1 Å². The summed E-state index contributed by atoms with van der Waals surface area (Å²) in [7, 11) is 0. The van der Waals surface area contributed by atoms with Gasteiger partial charge in [0, 0.05) is 19.2 Å². The van der Waals surface area contributed by atoms with Gasteiger partial charge in [0.05, 0.1) is 12.2 Å². The van der Waals surface area contributed by atoms with Crippen LogP contribution < -0.4 is 4.74 Å². The summed E-state index contributed by atoms with van der Waals surface area (Å²) in [6.07, 6.45) is -0.459. The van der Waals surface area contributed by atoms with E-state index in [2.05, 4.69) is 5.10 Å². The summed E-state index contributed by atoms with van der Waals surface area (Å²) in [5, 5.41) is 4.35. The van der Waals surface area contributed by atoms with Gasteiger partial charge in [-0.05, 0) is 48.5 Å². The van der Waals surface area contributed by atoms with Crippen molar-refractivity contribution in [3.05, 3.63) is 11.8 Å². The lowest BCUT2D eigenvalue weighted by Gasteiger charge is -2.28. The number of hydrogen-bond donors (Lipinski definition) is 0. The van der Waals surface area contributed by atoms with Crippen LogP contribution >= 0.6 is 0 Å². The molecule has 126 valence electrons. The summed E-state index contributed by atoms with van der Waals surface area (Å²) >= 11 is 0. The SMILES string of the molecule is CCN(C[C@H](C)Oc1cc(C)nn1CC)C(=O)OC(C)(C)C. The highest BCUT2D eigenvalue weighted by molar-refractivity contribution is 5.68. The fraction of sp³-hybridized carbons (Fsp3) is 0.750. The van der Waals surface area contributed by atoms with Crippen LogP contribution in [0.25, 0.3) is 0 Å². The number of hydrogen-bond acceptors (Lipinski definition) is 4. The number of aryl methyl sites for hydroxylation is 2. The molecule has 1 aromatic rings. The molecular formula is C16H29N3O3. The van der Waals surface area contributed by atoms with Crippen LogP contribution in [-0.4, -0.2) is 45.6 Å². The third kappa shape index (κ3) is 5.58. The normalized spacial score (nSPS) is 12.9. The molecule has 0 fully saturated rings. The van der Waals surface area contributed by atoms with Gasteiger partial charge in [-0.3, -0.25) is 0 Å². The highest BCUT2D eigenvalue weighted by atomic mass is 16.6. The number of carbonyl (C=O) groups is 1. The van der Waals surface area contributed by atoms with Gasteiger partial charge in [-0.2, -0.15) is 5.10 Å². The topological polar surface area (TPSA) is 56.6 Å². The second-order valence-electron chi connectivity index (χ2n) is 6.39. The van der Waals surface area contributed by atoms with Crippen molar-refractivity contribution in [3.63, 3.8) is 0 Å². The molecule has 0 saturated carbocycles. The number of rotatable bonds is 6. The van der Waals surface area contributed by atoms with Crippen LogP contribution in [0.3, 0.4) is 0 Å². The standard InChI is InChI=1S/C16H29N3O3/c1-8-18(15(20)22-16(5,6)7)11-13(4)21-14-10-12(3)17-19(14)9-2/h10,13H,8-9,11H2,1-7H3/t13-/m0/s1.